The van der Waals surface area contributed by atoms with E-state index in [1.165, 1.54) is 0 Å². The second-order valence-electron chi connectivity index (χ2n) is 3.84. The molecule has 1 aromatic heterocycles. The Bertz CT molecular complexity index is 294. The van der Waals surface area contributed by atoms with Gasteiger partial charge in [-0.05, 0) is 19.1 Å². The van der Waals surface area contributed by atoms with Gasteiger partial charge in [-0.25, -0.2) is 0 Å². The van der Waals surface area contributed by atoms with E-state index >= 15 is 0 Å². The molecule has 0 radical (unpaired) electrons. The predicted molar refractivity (Wildman–Crippen MR) is 58.3 cm³/mol. The molecule has 1 atom stereocenters. The summed E-state index contributed by atoms with van der Waals surface area (Å²) in [7, 11) is 0. The molecule has 0 aliphatic rings. The second-order valence-corrected chi connectivity index (χ2v) is 3.84. The van der Waals surface area contributed by atoms with Crippen LogP contribution in [0.3, 0.4) is 0 Å². The van der Waals surface area contributed by atoms with E-state index in [4.69, 9.17) is 4.42 Å². The van der Waals surface area contributed by atoms with Crippen LogP contribution in [0.4, 0.5) is 0 Å². The third-order valence-electron chi connectivity index (χ3n) is 1.99. The zero-order chi connectivity index (χ0) is 11.3. The standard InChI is InChI=1S/C11H18N2O2/c1-8(2)13-9(3)11(14)12-7-10-5-4-6-15-10/h4-6,8-9,13H,7H2,1-3H3,(H,12,14). The molecule has 4 nitrogen and oxygen atoms in total. The van der Waals surface area contributed by atoms with Gasteiger partial charge in [-0.2, -0.15) is 0 Å². The normalized spacial score (nSPS) is 12.8. The maximum atomic E-state index is 11.6. The maximum absolute atomic E-state index is 11.6. The molecule has 1 amide bonds. The van der Waals surface area contributed by atoms with Gasteiger partial charge in [0, 0.05) is 6.04 Å². The molecule has 0 aliphatic carbocycles. The van der Waals surface area contributed by atoms with Crippen molar-refractivity contribution < 1.29 is 9.21 Å². The van der Waals surface area contributed by atoms with E-state index < -0.39 is 0 Å². The minimum atomic E-state index is -0.181. The van der Waals surface area contributed by atoms with Crippen molar-refractivity contribution in [3.8, 4) is 0 Å². The van der Waals surface area contributed by atoms with Crippen molar-refractivity contribution in [2.45, 2.75) is 39.4 Å². The first-order chi connectivity index (χ1) is 7.09. The fourth-order valence-corrected chi connectivity index (χ4v) is 1.32. The van der Waals surface area contributed by atoms with E-state index in [9.17, 15) is 4.79 Å². The lowest BCUT2D eigenvalue weighted by atomic mass is 10.2. The fraction of sp³-hybridized carbons (Fsp3) is 0.545. The Labute approximate surface area is 90.0 Å². The summed E-state index contributed by atoms with van der Waals surface area (Å²) in [6.45, 7) is 6.31. The second kappa shape index (κ2) is 5.56. The molecule has 0 aliphatic heterocycles. The number of carbonyl (C=O) groups excluding carboxylic acids is 1. The fourth-order valence-electron chi connectivity index (χ4n) is 1.32. The Morgan fingerprint density at radius 3 is 2.73 bits per heavy atom. The maximum Gasteiger partial charge on any atom is 0.237 e. The molecule has 0 bridgehead atoms. The Morgan fingerprint density at radius 2 is 2.20 bits per heavy atom. The first-order valence-electron chi connectivity index (χ1n) is 5.15. The number of amides is 1. The number of nitrogens with one attached hydrogen (secondary N) is 2. The van der Waals surface area contributed by atoms with E-state index in [1.54, 1.807) is 12.3 Å². The van der Waals surface area contributed by atoms with Crippen LogP contribution in [0.5, 0.6) is 0 Å². The molecule has 1 unspecified atom stereocenters. The molecule has 15 heavy (non-hydrogen) atoms. The van der Waals surface area contributed by atoms with Crippen LogP contribution in [0.1, 0.15) is 26.5 Å². The highest BCUT2D eigenvalue weighted by atomic mass is 16.3. The SMILES string of the molecule is CC(C)NC(C)C(=O)NCc1ccco1. The lowest BCUT2D eigenvalue weighted by Gasteiger charge is -2.15. The van der Waals surface area contributed by atoms with Crippen LogP contribution >= 0.6 is 0 Å². The summed E-state index contributed by atoms with van der Waals surface area (Å²) in [5.41, 5.74) is 0. The average Bonchev–Trinajstić information content (AvgIpc) is 2.65. The van der Waals surface area contributed by atoms with E-state index in [1.807, 2.05) is 26.8 Å². The summed E-state index contributed by atoms with van der Waals surface area (Å²) in [5, 5.41) is 5.92. The molecule has 0 spiro atoms. The van der Waals surface area contributed by atoms with Crippen molar-refractivity contribution in [1.82, 2.24) is 10.6 Å². The van der Waals surface area contributed by atoms with Gasteiger partial charge in [0.15, 0.2) is 0 Å². The molecule has 84 valence electrons. The summed E-state index contributed by atoms with van der Waals surface area (Å²) in [4.78, 5) is 11.6. The molecule has 0 saturated heterocycles. The zero-order valence-corrected chi connectivity index (χ0v) is 9.41. The van der Waals surface area contributed by atoms with E-state index in [0.29, 0.717) is 12.6 Å². The Kier molecular flexibility index (Phi) is 4.37. The van der Waals surface area contributed by atoms with E-state index in [0.717, 1.165) is 5.76 Å². The zero-order valence-electron chi connectivity index (χ0n) is 9.41. The van der Waals surface area contributed by atoms with Gasteiger partial charge in [-0.15, -0.1) is 0 Å². The molecule has 1 heterocycles. The number of carbonyl (C=O) groups is 1. The first-order valence-corrected chi connectivity index (χ1v) is 5.15. The summed E-state index contributed by atoms with van der Waals surface area (Å²) < 4.78 is 5.11. The van der Waals surface area contributed by atoms with Crippen LogP contribution in [-0.2, 0) is 11.3 Å². The Balaban J connectivity index is 2.29. The number of rotatable bonds is 5. The summed E-state index contributed by atoms with van der Waals surface area (Å²) in [6, 6.07) is 3.76. The topological polar surface area (TPSA) is 54.3 Å². The summed E-state index contributed by atoms with van der Waals surface area (Å²) in [5.74, 6) is 0.750. The average molecular weight is 210 g/mol. The highest BCUT2D eigenvalue weighted by Gasteiger charge is 2.12. The Morgan fingerprint density at radius 1 is 1.47 bits per heavy atom. The lowest BCUT2D eigenvalue weighted by molar-refractivity contribution is -0.123. The lowest BCUT2D eigenvalue weighted by Crippen LogP contribution is -2.44. The van der Waals surface area contributed by atoms with Crippen molar-refractivity contribution >= 4 is 5.91 Å². The van der Waals surface area contributed by atoms with Gasteiger partial charge in [0.2, 0.25) is 5.91 Å². The molecule has 0 fully saturated rings. The summed E-state index contributed by atoms with van der Waals surface area (Å²) >= 11 is 0. The molecule has 1 rings (SSSR count). The van der Waals surface area contributed by atoms with Crippen molar-refractivity contribution in [3.63, 3.8) is 0 Å². The molecule has 1 aromatic rings. The minimum absolute atomic E-state index is 0.0138. The van der Waals surface area contributed by atoms with Crippen LogP contribution in [0, 0.1) is 0 Å². The molecule has 2 N–H and O–H groups in total. The van der Waals surface area contributed by atoms with Gasteiger partial charge >= 0.3 is 0 Å². The highest BCUT2D eigenvalue weighted by molar-refractivity contribution is 5.81. The van der Waals surface area contributed by atoms with Gasteiger partial charge in [-0.1, -0.05) is 13.8 Å². The van der Waals surface area contributed by atoms with Gasteiger partial charge in [0.25, 0.3) is 0 Å². The molecule has 4 heteroatoms. The molecular weight excluding hydrogens is 192 g/mol. The molecular formula is C11H18N2O2. The smallest absolute Gasteiger partial charge is 0.237 e. The monoisotopic (exact) mass is 210 g/mol. The van der Waals surface area contributed by atoms with E-state index in [-0.39, 0.29) is 11.9 Å². The van der Waals surface area contributed by atoms with Crippen LogP contribution < -0.4 is 10.6 Å². The van der Waals surface area contributed by atoms with Crippen LogP contribution in [0.15, 0.2) is 22.8 Å². The third-order valence-corrected chi connectivity index (χ3v) is 1.99. The largest absolute Gasteiger partial charge is 0.467 e. The third kappa shape index (κ3) is 4.16. The number of hydrogen-bond donors (Lipinski definition) is 2. The summed E-state index contributed by atoms with van der Waals surface area (Å²) in [6.07, 6.45) is 1.59. The predicted octanol–water partition coefficient (Wildman–Crippen LogP) is 1.28. The Hall–Kier alpha value is -1.29. The van der Waals surface area contributed by atoms with E-state index in [2.05, 4.69) is 10.6 Å². The van der Waals surface area contributed by atoms with Crippen molar-refractivity contribution in [2.75, 3.05) is 0 Å². The van der Waals surface area contributed by atoms with Crippen molar-refractivity contribution in [3.05, 3.63) is 24.2 Å². The van der Waals surface area contributed by atoms with Crippen LogP contribution in [0.25, 0.3) is 0 Å². The number of hydrogen-bond acceptors (Lipinski definition) is 3. The van der Waals surface area contributed by atoms with Crippen molar-refractivity contribution in [1.29, 1.82) is 0 Å². The van der Waals surface area contributed by atoms with Crippen molar-refractivity contribution in [2.24, 2.45) is 0 Å². The number of furan rings is 1. The van der Waals surface area contributed by atoms with Gasteiger partial charge in [0.05, 0.1) is 18.8 Å². The first kappa shape index (κ1) is 11.8. The van der Waals surface area contributed by atoms with Crippen LogP contribution in [0.2, 0.25) is 0 Å². The van der Waals surface area contributed by atoms with Gasteiger partial charge < -0.3 is 15.1 Å². The quantitative estimate of drug-likeness (QED) is 0.769. The van der Waals surface area contributed by atoms with Crippen LogP contribution in [-0.4, -0.2) is 18.0 Å². The van der Waals surface area contributed by atoms with Gasteiger partial charge in [0.1, 0.15) is 5.76 Å². The minimum Gasteiger partial charge on any atom is -0.467 e. The molecule has 0 aromatic carbocycles. The highest BCUT2D eigenvalue weighted by Crippen LogP contribution is 1.98. The van der Waals surface area contributed by atoms with Gasteiger partial charge in [-0.3, -0.25) is 4.79 Å². The molecule has 0 saturated carbocycles.